The van der Waals surface area contributed by atoms with Gasteiger partial charge in [0.15, 0.2) is 0 Å². The minimum atomic E-state index is 0.244. The number of nitrogens with one attached hydrogen (secondary N) is 1. The fourth-order valence-corrected chi connectivity index (χ4v) is 2.54. The molecule has 2 aromatic carbocycles. The zero-order valence-corrected chi connectivity index (χ0v) is 13.4. The van der Waals surface area contributed by atoms with E-state index in [2.05, 4.69) is 30.4 Å². The summed E-state index contributed by atoms with van der Waals surface area (Å²) in [5.74, 6) is 0.931. The maximum Gasteiger partial charge on any atom is 0.119 e. The van der Waals surface area contributed by atoms with Crippen LogP contribution in [0.2, 0.25) is 5.02 Å². The van der Waals surface area contributed by atoms with Gasteiger partial charge in [-0.2, -0.15) is 0 Å². The van der Waals surface area contributed by atoms with Crippen LogP contribution < -0.4 is 10.1 Å². The fourth-order valence-electron chi connectivity index (χ4n) is 2.33. The summed E-state index contributed by atoms with van der Waals surface area (Å²) in [6.07, 6.45) is 1.91. The third kappa shape index (κ3) is 4.76. The number of likely N-dealkylation sites (N-methyl/N-ethyl adjacent to an activating group) is 1. The molecule has 1 atom stereocenters. The molecule has 0 aliphatic carbocycles. The standard InChI is InChI=1S/C18H22ClNO/c1-3-10-21-17-9-5-7-15(13-17)18(20-2)12-14-6-4-8-16(19)11-14/h4-9,11,13,18,20H,3,10,12H2,1-2H3. The summed E-state index contributed by atoms with van der Waals surface area (Å²) in [6, 6.07) is 16.6. The molecule has 0 saturated carbocycles. The summed E-state index contributed by atoms with van der Waals surface area (Å²) in [6.45, 7) is 2.86. The molecule has 2 nitrogen and oxygen atoms in total. The van der Waals surface area contributed by atoms with Crippen molar-refractivity contribution in [2.45, 2.75) is 25.8 Å². The molecule has 0 heterocycles. The third-order valence-corrected chi connectivity index (χ3v) is 3.65. The molecule has 0 aliphatic rings. The lowest BCUT2D eigenvalue weighted by Crippen LogP contribution is -2.18. The first kappa shape index (κ1) is 15.9. The summed E-state index contributed by atoms with van der Waals surface area (Å²) in [5, 5.41) is 4.15. The van der Waals surface area contributed by atoms with Crippen molar-refractivity contribution >= 4 is 11.6 Å². The van der Waals surface area contributed by atoms with Crippen LogP contribution in [0, 0.1) is 0 Å². The van der Waals surface area contributed by atoms with Gasteiger partial charge in [0.05, 0.1) is 6.61 Å². The molecule has 0 fully saturated rings. The van der Waals surface area contributed by atoms with Gasteiger partial charge >= 0.3 is 0 Å². The molecule has 0 spiro atoms. The van der Waals surface area contributed by atoms with Crippen LogP contribution in [-0.2, 0) is 6.42 Å². The first-order valence-electron chi connectivity index (χ1n) is 7.37. The van der Waals surface area contributed by atoms with Gasteiger partial charge in [0, 0.05) is 11.1 Å². The van der Waals surface area contributed by atoms with E-state index in [1.807, 2.05) is 37.4 Å². The zero-order chi connectivity index (χ0) is 15.1. The predicted molar refractivity (Wildman–Crippen MR) is 89.2 cm³/mol. The van der Waals surface area contributed by atoms with Gasteiger partial charge in [0.2, 0.25) is 0 Å². The van der Waals surface area contributed by atoms with Crippen LogP contribution in [0.1, 0.15) is 30.5 Å². The van der Waals surface area contributed by atoms with Crippen molar-refractivity contribution < 1.29 is 4.74 Å². The molecule has 0 aromatic heterocycles. The summed E-state index contributed by atoms with van der Waals surface area (Å²) in [4.78, 5) is 0. The van der Waals surface area contributed by atoms with Crippen molar-refractivity contribution in [1.29, 1.82) is 0 Å². The highest BCUT2D eigenvalue weighted by atomic mass is 35.5. The van der Waals surface area contributed by atoms with Crippen LogP contribution >= 0.6 is 11.6 Å². The molecule has 1 N–H and O–H groups in total. The quantitative estimate of drug-likeness (QED) is 0.805. The van der Waals surface area contributed by atoms with E-state index in [1.165, 1.54) is 11.1 Å². The molecule has 0 saturated heterocycles. The Morgan fingerprint density at radius 3 is 2.67 bits per heavy atom. The van der Waals surface area contributed by atoms with Crippen LogP contribution in [0.25, 0.3) is 0 Å². The first-order chi connectivity index (χ1) is 10.2. The Hall–Kier alpha value is -1.51. The van der Waals surface area contributed by atoms with Crippen molar-refractivity contribution in [3.05, 3.63) is 64.7 Å². The lowest BCUT2D eigenvalue weighted by Gasteiger charge is -2.18. The Morgan fingerprint density at radius 2 is 1.95 bits per heavy atom. The molecule has 21 heavy (non-hydrogen) atoms. The van der Waals surface area contributed by atoms with E-state index in [9.17, 15) is 0 Å². The van der Waals surface area contributed by atoms with E-state index in [-0.39, 0.29) is 6.04 Å². The van der Waals surface area contributed by atoms with E-state index >= 15 is 0 Å². The lowest BCUT2D eigenvalue weighted by atomic mass is 9.99. The van der Waals surface area contributed by atoms with Gasteiger partial charge in [-0.1, -0.05) is 42.8 Å². The fraction of sp³-hybridized carbons (Fsp3) is 0.333. The van der Waals surface area contributed by atoms with E-state index < -0.39 is 0 Å². The second kappa shape index (κ2) is 8.06. The number of benzene rings is 2. The minimum absolute atomic E-state index is 0.244. The van der Waals surface area contributed by atoms with Crippen LogP contribution in [0.5, 0.6) is 5.75 Å². The van der Waals surface area contributed by atoms with Gasteiger partial charge < -0.3 is 10.1 Å². The first-order valence-corrected chi connectivity index (χ1v) is 7.75. The number of rotatable bonds is 7. The Balaban J connectivity index is 2.13. The maximum atomic E-state index is 6.06. The summed E-state index contributed by atoms with van der Waals surface area (Å²) >= 11 is 6.06. The normalized spacial score (nSPS) is 12.1. The van der Waals surface area contributed by atoms with Crippen LogP contribution in [0.4, 0.5) is 0 Å². The molecule has 112 valence electrons. The lowest BCUT2D eigenvalue weighted by molar-refractivity contribution is 0.317. The molecule has 0 radical (unpaired) electrons. The van der Waals surface area contributed by atoms with Crippen molar-refractivity contribution in [2.75, 3.05) is 13.7 Å². The smallest absolute Gasteiger partial charge is 0.119 e. The topological polar surface area (TPSA) is 21.3 Å². The highest BCUT2D eigenvalue weighted by molar-refractivity contribution is 6.30. The van der Waals surface area contributed by atoms with E-state index in [0.717, 1.165) is 30.2 Å². The summed E-state index contributed by atoms with van der Waals surface area (Å²) in [7, 11) is 1.98. The maximum absolute atomic E-state index is 6.06. The van der Waals surface area contributed by atoms with Crippen molar-refractivity contribution in [3.8, 4) is 5.75 Å². The Kier molecular flexibility index (Phi) is 6.09. The van der Waals surface area contributed by atoms with Gasteiger partial charge in [-0.25, -0.2) is 0 Å². The second-order valence-electron chi connectivity index (χ2n) is 5.10. The SMILES string of the molecule is CCCOc1cccc(C(Cc2cccc(Cl)c2)NC)c1. The van der Waals surface area contributed by atoms with E-state index in [0.29, 0.717) is 0 Å². The Morgan fingerprint density at radius 1 is 1.14 bits per heavy atom. The Labute approximate surface area is 132 Å². The molecular weight excluding hydrogens is 282 g/mol. The molecule has 2 rings (SSSR count). The second-order valence-corrected chi connectivity index (χ2v) is 5.53. The van der Waals surface area contributed by atoms with Crippen molar-refractivity contribution in [3.63, 3.8) is 0 Å². The van der Waals surface area contributed by atoms with Gasteiger partial charge in [-0.15, -0.1) is 0 Å². The molecular formula is C18H22ClNO. The third-order valence-electron chi connectivity index (χ3n) is 3.41. The van der Waals surface area contributed by atoms with Gasteiger partial charge in [0.1, 0.15) is 5.75 Å². The van der Waals surface area contributed by atoms with Gasteiger partial charge in [-0.05, 0) is 55.3 Å². The molecule has 0 amide bonds. The predicted octanol–water partition coefficient (Wildman–Crippen LogP) is 4.63. The van der Waals surface area contributed by atoms with Crippen LogP contribution in [0.15, 0.2) is 48.5 Å². The highest BCUT2D eigenvalue weighted by Crippen LogP contribution is 2.23. The molecule has 1 unspecified atom stereocenters. The van der Waals surface area contributed by atoms with Gasteiger partial charge in [0.25, 0.3) is 0 Å². The molecule has 0 bridgehead atoms. The minimum Gasteiger partial charge on any atom is -0.494 e. The summed E-state index contributed by atoms with van der Waals surface area (Å²) in [5.41, 5.74) is 2.45. The zero-order valence-electron chi connectivity index (χ0n) is 12.6. The highest BCUT2D eigenvalue weighted by Gasteiger charge is 2.11. The average molecular weight is 304 g/mol. The number of hydrogen-bond acceptors (Lipinski definition) is 2. The van der Waals surface area contributed by atoms with Crippen LogP contribution in [0.3, 0.4) is 0 Å². The van der Waals surface area contributed by atoms with Gasteiger partial charge in [-0.3, -0.25) is 0 Å². The number of ether oxygens (including phenoxy) is 1. The molecule has 3 heteroatoms. The summed E-state index contributed by atoms with van der Waals surface area (Å²) < 4.78 is 5.71. The van der Waals surface area contributed by atoms with E-state index in [4.69, 9.17) is 16.3 Å². The Bertz CT molecular complexity index is 571. The van der Waals surface area contributed by atoms with Crippen molar-refractivity contribution in [1.82, 2.24) is 5.32 Å². The molecule has 0 aliphatic heterocycles. The van der Waals surface area contributed by atoms with E-state index in [1.54, 1.807) is 0 Å². The monoisotopic (exact) mass is 303 g/mol. The number of hydrogen-bond donors (Lipinski definition) is 1. The number of halogens is 1. The largest absolute Gasteiger partial charge is 0.494 e. The van der Waals surface area contributed by atoms with Crippen LogP contribution in [-0.4, -0.2) is 13.7 Å². The van der Waals surface area contributed by atoms with Crippen molar-refractivity contribution in [2.24, 2.45) is 0 Å². The average Bonchev–Trinajstić information content (AvgIpc) is 2.51. The molecule has 2 aromatic rings.